The van der Waals surface area contributed by atoms with Gasteiger partial charge in [0.05, 0.1) is 12.8 Å². The van der Waals surface area contributed by atoms with Gasteiger partial charge in [-0.3, -0.25) is 9.48 Å². The van der Waals surface area contributed by atoms with Crippen LogP contribution >= 0.6 is 0 Å². The smallest absolute Gasteiger partial charge is 0.220 e. The fraction of sp³-hybridized carbons (Fsp3) is 0.583. The van der Waals surface area contributed by atoms with Crippen molar-refractivity contribution < 1.29 is 9.53 Å². The highest BCUT2D eigenvalue weighted by atomic mass is 16.5. The van der Waals surface area contributed by atoms with Crippen LogP contribution in [0.4, 0.5) is 0 Å². The number of nitrogens with zero attached hydrogens (tertiary/aromatic N) is 2. The van der Waals surface area contributed by atoms with Crippen LogP contribution in [-0.4, -0.2) is 28.8 Å². The molecule has 5 nitrogen and oxygen atoms in total. The van der Waals surface area contributed by atoms with E-state index in [0.29, 0.717) is 24.2 Å². The van der Waals surface area contributed by atoms with Gasteiger partial charge in [-0.25, -0.2) is 0 Å². The van der Waals surface area contributed by atoms with E-state index in [-0.39, 0.29) is 11.9 Å². The van der Waals surface area contributed by atoms with Crippen molar-refractivity contribution in [2.24, 2.45) is 11.8 Å². The van der Waals surface area contributed by atoms with Crippen molar-refractivity contribution in [1.82, 2.24) is 15.1 Å². The van der Waals surface area contributed by atoms with Crippen LogP contribution in [0.5, 0.6) is 5.75 Å². The summed E-state index contributed by atoms with van der Waals surface area (Å²) in [6.07, 6.45) is 6.51. The minimum atomic E-state index is 0.180. The molecule has 5 heteroatoms. The number of rotatable bonds is 7. The van der Waals surface area contributed by atoms with Crippen molar-refractivity contribution in [3.63, 3.8) is 0 Å². The van der Waals surface area contributed by atoms with E-state index in [1.54, 1.807) is 7.11 Å². The van der Waals surface area contributed by atoms with Crippen molar-refractivity contribution in [2.75, 3.05) is 7.11 Å². The number of carbonyl (C=O) groups excluding carboxylic acids is 1. The van der Waals surface area contributed by atoms with Crippen LogP contribution in [0, 0.1) is 25.7 Å². The minimum absolute atomic E-state index is 0.180. The molecule has 0 spiro atoms. The Morgan fingerprint density at radius 1 is 1.17 bits per heavy atom. The number of methoxy groups -OCH3 is 1. The molecule has 2 aliphatic rings. The first-order chi connectivity index (χ1) is 14.1. The molecule has 0 aliphatic heterocycles. The number of hydrogen-bond acceptors (Lipinski definition) is 3. The van der Waals surface area contributed by atoms with E-state index in [0.717, 1.165) is 30.1 Å². The van der Waals surface area contributed by atoms with E-state index in [1.807, 2.05) is 23.7 Å². The second-order valence-corrected chi connectivity index (χ2v) is 8.76. The number of hydrogen-bond donors (Lipinski definition) is 1. The summed E-state index contributed by atoms with van der Waals surface area (Å²) in [6.45, 7) is 4.87. The van der Waals surface area contributed by atoms with Crippen LogP contribution in [-0.2, 0) is 11.3 Å². The Morgan fingerprint density at radius 3 is 2.55 bits per heavy atom. The van der Waals surface area contributed by atoms with E-state index in [1.165, 1.54) is 31.2 Å². The van der Waals surface area contributed by atoms with Gasteiger partial charge in [-0.2, -0.15) is 5.10 Å². The fourth-order valence-corrected chi connectivity index (χ4v) is 5.49. The van der Waals surface area contributed by atoms with E-state index in [9.17, 15) is 4.79 Å². The van der Waals surface area contributed by atoms with Crippen LogP contribution in [0.25, 0.3) is 0 Å². The molecule has 1 heterocycles. The molecule has 0 bridgehead atoms. The van der Waals surface area contributed by atoms with Gasteiger partial charge >= 0.3 is 0 Å². The monoisotopic (exact) mass is 395 g/mol. The van der Waals surface area contributed by atoms with Crippen LogP contribution in [0.1, 0.15) is 61.4 Å². The quantitative estimate of drug-likeness (QED) is 0.757. The Balaban J connectivity index is 1.37. The van der Waals surface area contributed by atoms with Gasteiger partial charge in [0.25, 0.3) is 0 Å². The van der Waals surface area contributed by atoms with Gasteiger partial charge in [-0.05, 0) is 68.7 Å². The molecule has 1 aromatic carbocycles. The summed E-state index contributed by atoms with van der Waals surface area (Å²) >= 11 is 0. The predicted octanol–water partition coefficient (Wildman–Crippen LogP) is 4.38. The molecule has 1 N–H and O–H groups in total. The molecule has 0 saturated heterocycles. The largest absolute Gasteiger partial charge is 0.497 e. The summed E-state index contributed by atoms with van der Waals surface area (Å²) in [5.41, 5.74) is 3.53. The molecular weight excluding hydrogens is 362 g/mol. The topological polar surface area (TPSA) is 56.1 Å². The van der Waals surface area contributed by atoms with Gasteiger partial charge in [0.2, 0.25) is 5.91 Å². The number of amides is 1. The van der Waals surface area contributed by atoms with Gasteiger partial charge in [0.1, 0.15) is 5.75 Å². The number of aryl methyl sites for hydroxylation is 3. The van der Waals surface area contributed by atoms with Crippen LogP contribution in [0.3, 0.4) is 0 Å². The first-order valence-electron chi connectivity index (χ1n) is 11.0. The lowest BCUT2D eigenvalue weighted by molar-refractivity contribution is -0.125. The predicted molar refractivity (Wildman–Crippen MR) is 114 cm³/mol. The average Bonchev–Trinajstić information content (AvgIpc) is 3.04. The number of nitrogens with one attached hydrogen (secondary N) is 1. The van der Waals surface area contributed by atoms with Crippen molar-refractivity contribution in [1.29, 1.82) is 0 Å². The first-order valence-corrected chi connectivity index (χ1v) is 11.0. The molecule has 2 saturated carbocycles. The molecule has 2 unspecified atom stereocenters. The lowest BCUT2D eigenvalue weighted by Gasteiger charge is -2.55. The summed E-state index contributed by atoms with van der Waals surface area (Å²) in [7, 11) is 1.70. The third-order valence-electron chi connectivity index (χ3n) is 6.89. The second-order valence-electron chi connectivity index (χ2n) is 8.76. The van der Waals surface area contributed by atoms with E-state index in [4.69, 9.17) is 4.74 Å². The Labute approximate surface area is 173 Å². The normalized spacial score (nSPS) is 25.8. The lowest BCUT2D eigenvalue weighted by Crippen LogP contribution is -2.59. The third-order valence-corrected chi connectivity index (χ3v) is 6.89. The maximum absolute atomic E-state index is 12.7. The van der Waals surface area contributed by atoms with Crippen molar-refractivity contribution >= 4 is 5.91 Å². The lowest BCUT2D eigenvalue weighted by atomic mass is 9.53. The van der Waals surface area contributed by atoms with Crippen molar-refractivity contribution in [2.45, 2.75) is 70.9 Å². The number of ether oxygens (including phenoxy) is 1. The van der Waals surface area contributed by atoms with Crippen LogP contribution < -0.4 is 10.1 Å². The number of carbonyl (C=O) groups is 1. The highest BCUT2D eigenvalue weighted by molar-refractivity contribution is 5.76. The minimum Gasteiger partial charge on any atom is -0.497 e. The summed E-state index contributed by atoms with van der Waals surface area (Å²) in [4.78, 5) is 12.7. The Kier molecular flexibility index (Phi) is 5.93. The summed E-state index contributed by atoms with van der Waals surface area (Å²) < 4.78 is 7.32. The van der Waals surface area contributed by atoms with Gasteiger partial charge < -0.3 is 10.1 Å². The average molecular weight is 396 g/mol. The Morgan fingerprint density at radius 2 is 1.90 bits per heavy atom. The highest BCUT2D eigenvalue weighted by Crippen LogP contribution is 2.54. The summed E-state index contributed by atoms with van der Waals surface area (Å²) in [5, 5.41) is 7.89. The van der Waals surface area contributed by atoms with E-state index >= 15 is 0 Å². The number of aromatic nitrogens is 2. The van der Waals surface area contributed by atoms with Gasteiger partial charge in [-0.1, -0.05) is 25.0 Å². The first kappa shape index (κ1) is 20.0. The number of benzene rings is 1. The zero-order valence-corrected chi connectivity index (χ0v) is 17.9. The summed E-state index contributed by atoms with van der Waals surface area (Å²) in [6, 6.07) is 10.8. The molecule has 29 heavy (non-hydrogen) atoms. The molecule has 1 aromatic heterocycles. The maximum Gasteiger partial charge on any atom is 0.220 e. The van der Waals surface area contributed by atoms with E-state index in [2.05, 4.69) is 35.5 Å². The van der Waals surface area contributed by atoms with Gasteiger partial charge in [0, 0.05) is 30.6 Å². The van der Waals surface area contributed by atoms with Gasteiger partial charge in [-0.15, -0.1) is 0 Å². The third kappa shape index (κ3) is 4.19. The standard InChI is InChI=1S/C24H33N3O2/c1-16-15-17(2)27(26-16)14-6-9-22(28)25-24-21-8-5-4-7-20(21)23(24)18-10-12-19(29-3)13-11-18/h10-13,15,20-21,23-24H,4-9,14H2,1-3H3,(H,25,28)/t20?,21?,23-,24-/m0/s1. The fourth-order valence-electron chi connectivity index (χ4n) is 5.49. The molecule has 0 radical (unpaired) electrons. The van der Waals surface area contributed by atoms with Crippen molar-refractivity contribution in [3.8, 4) is 5.75 Å². The molecule has 4 rings (SSSR count). The molecule has 2 aliphatic carbocycles. The zero-order valence-electron chi connectivity index (χ0n) is 17.9. The SMILES string of the molecule is COc1ccc([C@H]2C3CCCCC3[C@@H]2NC(=O)CCCn2nc(C)cc2C)cc1. The summed E-state index contributed by atoms with van der Waals surface area (Å²) in [5.74, 6) is 2.84. The molecule has 156 valence electrons. The molecular formula is C24H33N3O2. The molecule has 2 aromatic rings. The molecule has 4 atom stereocenters. The zero-order chi connectivity index (χ0) is 20.4. The maximum atomic E-state index is 12.7. The Hall–Kier alpha value is -2.30. The Bertz CT molecular complexity index is 842. The van der Waals surface area contributed by atoms with Crippen molar-refractivity contribution in [3.05, 3.63) is 47.3 Å². The van der Waals surface area contributed by atoms with Crippen LogP contribution in [0.15, 0.2) is 30.3 Å². The molecule has 1 amide bonds. The second kappa shape index (κ2) is 8.60. The van der Waals surface area contributed by atoms with E-state index < -0.39 is 0 Å². The van der Waals surface area contributed by atoms with Gasteiger partial charge in [0.15, 0.2) is 0 Å². The highest BCUT2D eigenvalue weighted by Gasteiger charge is 2.51. The number of fused-ring (bicyclic) bond motifs is 1. The van der Waals surface area contributed by atoms with Crippen LogP contribution in [0.2, 0.25) is 0 Å². The molecule has 2 fully saturated rings.